The van der Waals surface area contributed by atoms with Gasteiger partial charge < -0.3 is 0 Å². The van der Waals surface area contributed by atoms with Gasteiger partial charge in [-0.05, 0) is 12.8 Å². The highest BCUT2D eigenvalue weighted by Gasteiger charge is 2.08. The fourth-order valence-electron chi connectivity index (χ4n) is 0.758. The van der Waals surface area contributed by atoms with Gasteiger partial charge in [0.25, 0.3) is 0 Å². The van der Waals surface area contributed by atoms with Gasteiger partial charge >= 0.3 is 0 Å². The first-order chi connectivity index (χ1) is 5.49. The summed E-state index contributed by atoms with van der Waals surface area (Å²) in [6, 6.07) is 0.106. The SMILES string of the molecule is CC.CCC(CC)NS(C)(=O)=O. The molecule has 0 bridgehead atoms. The minimum atomic E-state index is -3.00. The van der Waals surface area contributed by atoms with E-state index in [2.05, 4.69) is 4.72 Å². The Labute approximate surface area is 76.6 Å². The van der Waals surface area contributed by atoms with Gasteiger partial charge in [0.2, 0.25) is 10.0 Å². The first kappa shape index (κ1) is 14.4. The molecule has 12 heavy (non-hydrogen) atoms. The Morgan fingerprint density at radius 2 is 1.50 bits per heavy atom. The minimum absolute atomic E-state index is 0.106. The Bertz CT molecular complexity index is 171. The Hall–Kier alpha value is -0.0900. The average molecular weight is 195 g/mol. The van der Waals surface area contributed by atoms with Crippen LogP contribution in [0.1, 0.15) is 40.5 Å². The molecule has 0 spiro atoms. The van der Waals surface area contributed by atoms with Crippen molar-refractivity contribution < 1.29 is 8.42 Å². The van der Waals surface area contributed by atoms with Gasteiger partial charge in [-0.25, -0.2) is 13.1 Å². The van der Waals surface area contributed by atoms with Gasteiger partial charge in [-0.15, -0.1) is 0 Å². The van der Waals surface area contributed by atoms with Crippen LogP contribution in [0.2, 0.25) is 0 Å². The molecule has 76 valence electrons. The van der Waals surface area contributed by atoms with Crippen molar-refractivity contribution in [1.82, 2.24) is 4.72 Å². The minimum Gasteiger partial charge on any atom is -0.213 e. The molecule has 0 fully saturated rings. The molecule has 0 atom stereocenters. The predicted molar refractivity (Wildman–Crippen MR) is 53.7 cm³/mol. The summed E-state index contributed by atoms with van der Waals surface area (Å²) < 4.78 is 23.8. The zero-order chi connectivity index (χ0) is 10.2. The van der Waals surface area contributed by atoms with E-state index in [1.165, 1.54) is 6.26 Å². The summed E-state index contributed by atoms with van der Waals surface area (Å²) in [6.07, 6.45) is 2.89. The Morgan fingerprint density at radius 3 is 1.58 bits per heavy atom. The van der Waals surface area contributed by atoms with Crippen molar-refractivity contribution in [2.75, 3.05) is 6.26 Å². The van der Waals surface area contributed by atoms with E-state index in [9.17, 15) is 8.42 Å². The molecule has 0 saturated carbocycles. The lowest BCUT2D eigenvalue weighted by Gasteiger charge is -2.11. The second kappa shape index (κ2) is 7.55. The number of hydrogen-bond acceptors (Lipinski definition) is 2. The largest absolute Gasteiger partial charge is 0.213 e. The molecule has 3 nitrogen and oxygen atoms in total. The van der Waals surface area contributed by atoms with Crippen LogP contribution in [0.5, 0.6) is 0 Å². The standard InChI is InChI=1S/C6H15NO2S.C2H6/c1-4-6(5-2)7-10(3,8)9;1-2/h6-7H,4-5H2,1-3H3;1-2H3. The van der Waals surface area contributed by atoms with Gasteiger partial charge in [0, 0.05) is 6.04 Å². The molecule has 0 aromatic rings. The van der Waals surface area contributed by atoms with Crippen molar-refractivity contribution in [2.24, 2.45) is 0 Å². The summed E-state index contributed by atoms with van der Waals surface area (Å²) in [5.41, 5.74) is 0. The maximum atomic E-state index is 10.6. The normalized spacial score (nSPS) is 10.8. The molecule has 0 aliphatic heterocycles. The van der Waals surface area contributed by atoms with E-state index in [0.717, 1.165) is 12.8 Å². The van der Waals surface area contributed by atoms with E-state index < -0.39 is 10.0 Å². The molecule has 0 radical (unpaired) electrons. The third-order valence-corrected chi connectivity index (χ3v) is 2.13. The van der Waals surface area contributed by atoms with Crippen LogP contribution in [-0.2, 0) is 10.0 Å². The fourth-order valence-corrected chi connectivity index (χ4v) is 1.70. The van der Waals surface area contributed by atoms with E-state index in [4.69, 9.17) is 0 Å². The molecule has 0 aliphatic rings. The van der Waals surface area contributed by atoms with Crippen LogP contribution in [-0.4, -0.2) is 20.7 Å². The summed E-state index contributed by atoms with van der Waals surface area (Å²) in [7, 11) is -3.00. The summed E-state index contributed by atoms with van der Waals surface area (Å²) in [6.45, 7) is 7.93. The van der Waals surface area contributed by atoms with Crippen molar-refractivity contribution in [3.05, 3.63) is 0 Å². The zero-order valence-corrected chi connectivity index (χ0v) is 9.53. The first-order valence-electron chi connectivity index (χ1n) is 4.47. The number of nitrogens with one attached hydrogen (secondary N) is 1. The van der Waals surface area contributed by atoms with Crippen LogP contribution in [0.15, 0.2) is 0 Å². The zero-order valence-electron chi connectivity index (χ0n) is 8.72. The second-order valence-corrected chi connectivity index (χ2v) is 4.18. The topological polar surface area (TPSA) is 46.2 Å². The van der Waals surface area contributed by atoms with Gasteiger partial charge in [-0.3, -0.25) is 0 Å². The lowest BCUT2D eigenvalue weighted by molar-refractivity contribution is 0.534. The molecule has 0 rings (SSSR count). The summed E-state index contributed by atoms with van der Waals surface area (Å²) in [5.74, 6) is 0. The Morgan fingerprint density at radius 1 is 1.17 bits per heavy atom. The lowest BCUT2D eigenvalue weighted by Crippen LogP contribution is -2.32. The molecule has 4 heteroatoms. The maximum Gasteiger partial charge on any atom is 0.208 e. The molecule has 0 heterocycles. The van der Waals surface area contributed by atoms with Crippen LogP contribution in [0.3, 0.4) is 0 Å². The van der Waals surface area contributed by atoms with Crippen LogP contribution < -0.4 is 4.72 Å². The van der Waals surface area contributed by atoms with Crippen LogP contribution in [0.4, 0.5) is 0 Å². The van der Waals surface area contributed by atoms with Crippen molar-refractivity contribution >= 4 is 10.0 Å². The average Bonchev–Trinajstić information content (AvgIpc) is 2.02. The van der Waals surface area contributed by atoms with Crippen molar-refractivity contribution in [1.29, 1.82) is 0 Å². The molecular weight excluding hydrogens is 174 g/mol. The van der Waals surface area contributed by atoms with E-state index >= 15 is 0 Å². The highest BCUT2D eigenvalue weighted by molar-refractivity contribution is 7.88. The predicted octanol–water partition coefficient (Wildman–Crippen LogP) is 1.75. The lowest BCUT2D eigenvalue weighted by atomic mass is 10.2. The fraction of sp³-hybridized carbons (Fsp3) is 1.00. The van der Waals surface area contributed by atoms with Crippen molar-refractivity contribution in [3.63, 3.8) is 0 Å². The smallest absolute Gasteiger partial charge is 0.208 e. The van der Waals surface area contributed by atoms with Gasteiger partial charge in [-0.1, -0.05) is 27.7 Å². The summed E-state index contributed by atoms with van der Waals surface area (Å²) >= 11 is 0. The maximum absolute atomic E-state index is 10.6. The van der Waals surface area contributed by atoms with Crippen LogP contribution >= 0.6 is 0 Å². The van der Waals surface area contributed by atoms with E-state index in [0.29, 0.717) is 0 Å². The quantitative estimate of drug-likeness (QED) is 0.743. The molecule has 0 aromatic heterocycles. The third-order valence-electron chi connectivity index (χ3n) is 1.37. The highest BCUT2D eigenvalue weighted by atomic mass is 32.2. The molecular formula is C8H21NO2S. The van der Waals surface area contributed by atoms with Gasteiger partial charge in [0.05, 0.1) is 6.26 Å². The van der Waals surface area contributed by atoms with Crippen molar-refractivity contribution in [2.45, 2.75) is 46.6 Å². The second-order valence-electron chi connectivity index (χ2n) is 2.40. The monoisotopic (exact) mass is 195 g/mol. The highest BCUT2D eigenvalue weighted by Crippen LogP contribution is 1.96. The third kappa shape index (κ3) is 9.91. The number of sulfonamides is 1. The van der Waals surface area contributed by atoms with Crippen molar-refractivity contribution in [3.8, 4) is 0 Å². The molecule has 0 aromatic carbocycles. The summed E-state index contributed by atoms with van der Waals surface area (Å²) in [4.78, 5) is 0. The van der Waals surface area contributed by atoms with Gasteiger partial charge in [-0.2, -0.15) is 0 Å². The molecule has 0 amide bonds. The van der Waals surface area contributed by atoms with Gasteiger partial charge in [0.15, 0.2) is 0 Å². The number of rotatable bonds is 4. The Balaban J connectivity index is 0. The van der Waals surface area contributed by atoms with Crippen LogP contribution in [0, 0.1) is 0 Å². The number of hydrogen-bond donors (Lipinski definition) is 1. The van der Waals surface area contributed by atoms with E-state index in [1.807, 2.05) is 27.7 Å². The molecule has 0 unspecified atom stereocenters. The molecule has 0 saturated heterocycles. The molecule has 1 N–H and O–H groups in total. The van der Waals surface area contributed by atoms with Crippen LogP contribution in [0.25, 0.3) is 0 Å². The van der Waals surface area contributed by atoms with Gasteiger partial charge in [0.1, 0.15) is 0 Å². The summed E-state index contributed by atoms with van der Waals surface area (Å²) in [5, 5.41) is 0. The Kier molecular flexibility index (Phi) is 9.09. The van der Waals surface area contributed by atoms with E-state index in [1.54, 1.807) is 0 Å². The molecule has 0 aliphatic carbocycles. The first-order valence-corrected chi connectivity index (χ1v) is 6.36. The van der Waals surface area contributed by atoms with E-state index in [-0.39, 0.29) is 6.04 Å².